The lowest BCUT2D eigenvalue weighted by molar-refractivity contribution is 0.168. The van der Waals surface area contributed by atoms with Crippen LogP contribution in [0.15, 0.2) is 66.9 Å². The molecule has 3 aliphatic rings. The summed E-state index contributed by atoms with van der Waals surface area (Å²) in [7, 11) is 0. The fraction of sp³-hybridized carbons (Fsp3) is 0.296. The lowest BCUT2D eigenvalue weighted by atomic mass is 9.78. The molecule has 7 heteroatoms. The summed E-state index contributed by atoms with van der Waals surface area (Å²) in [5.74, 6) is 0.770. The highest BCUT2D eigenvalue weighted by Crippen LogP contribution is 2.42. The van der Waals surface area contributed by atoms with Gasteiger partial charge in [0, 0.05) is 23.7 Å². The van der Waals surface area contributed by atoms with E-state index in [0.29, 0.717) is 0 Å². The molecule has 1 aromatic heterocycles. The number of halogens is 1. The largest absolute Gasteiger partial charge is 0.369 e. The minimum atomic E-state index is -0.246. The fourth-order valence-electron chi connectivity index (χ4n) is 5.30. The minimum absolute atomic E-state index is 0.211. The predicted octanol–water partition coefficient (Wildman–Crippen LogP) is 4.67. The van der Waals surface area contributed by atoms with Crippen molar-refractivity contribution in [3.05, 3.63) is 83.8 Å². The van der Waals surface area contributed by atoms with Gasteiger partial charge in [-0.25, -0.2) is 9.07 Å². The van der Waals surface area contributed by atoms with Gasteiger partial charge in [-0.2, -0.15) is 5.10 Å². The normalized spacial score (nSPS) is 18.8. The molecule has 0 saturated carbocycles. The van der Waals surface area contributed by atoms with Crippen LogP contribution in [-0.2, 0) is 6.54 Å². The number of nitrogens with one attached hydrogen (secondary N) is 3. The molecular weight excluding hydrogens is 427 g/mol. The van der Waals surface area contributed by atoms with Gasteiger partial charge in [0.15, 0.2) is 0 Å². The first kappa shape index (κ1) is 21.0. The maximum Gasteiger partial charge on any atom is 0.134 e. The molecule has 0 amide bonds. The van der Waals surface area contributed by atoms with E-state index in [0.717, 1.165) is 73.0 Å². The molecule has 1 saturated heterocycles. The molecule has 4 heterocycles. The Morgan fingerprint density at radius 1 is 1.03 bits per heavy atom. The highest BCUT2D eigenvalue weighted by molar-refractivity contribution is 5.87. The second-order valence-electron chi connectivity index (χ2n) is 9.53. The summed E-state index contributed by atoms with van der Waals surface area (Å²) in [4.78, 5) is 0. The molecule has 6 rings (SSSR count). The molecule has 3 aromatic rings. The van der Waals surface area contributed by atoms with E-state index in [2.05, 4.69) is 45.9 Å². The number of rotatable bonds is 3. The number of allylic oxidation sites excluding steroid dienone is 2. The summed E-state index contributed by atoms with van der Waals surface area (Å²) < 4.78 is 15.8. The van der Waals surface area contributed by atoms with Crippen molar-refractivity contribution >= 4 is 17.2 Å². The van der Waals surface area contributed by atoms with E-state index in [1.54, 1.807) is 0 Å². The van der Waals surface area contributed by atoms with Gasteiger partial charge in [-0.3, -0.25) is 10.4 Å². The predicted molar refractivity (Wildman–Crippen MR) is 135 cm³/mol. The fourth-order valence-corrected chi connectivity index (χ4v) is 5.30. The summed E-state index contributed by atoms with van der Waals surface area (Å²) in [5, 5.41) is 14.3. The average molecular weight is 457 g/mol. The maximum atomic E-state index is 13.7. The number of aryl methyl sites for hydroxylation is 1. The molecule has 0 aliphatic carbocycles. The van der Waals surface area contributed by atoms with Gasteiger partial charge in [0.25, 0.3) is 0 Å². The Labute approximate surface area is 199 Å². The van der Waals surface area contributed by atoms with Crippen LogP contribution in [-0.4, -0.2) is 29.4 Å². The van der Waals surface area contributed by atoms with Crippen molar-refractivity contribution in [1.82, 2.24) is 20.5 Å². The zero-order valence-electron chi connectivity index (χ0n) is 19.3. The lowest BCUT2D eigenvalue weighted by Gasteiger charge is -2.41. The third kappa shape index (κ3) is 3.66. The first-order chi connectivity index (χ1) is 16.6. The van der Waals surface area contributed by atoms with Gasteiger partial charge in [0.05, 0.1) is 23.5 Å². The van der Waals surface area contributed by atoms with Gasteiger partial charge in [-0.05, 0) is 80.9 Å². The van der Waals surface area contributed by atoms with Gasteiger partial charge >= 0.3 is 0 Å². The Hall–Kier alpha value is -3.58. The molecule has 2 aromatic carbocycles. The number of nitrogens with zero attached hydrogens (tertiary/aromatic N) is 3. The topological polar surface area (TPSA) is 57.2 Å². The monoisotopic (exact) mass is 456 g/mol. The Balaban J connectivity index is 1.42. The van der Waals surface area contributed by atoms with Gasteiger partial charge in [-0.1, -0.05) is 18.2 Å². The first-order valence-electron chi connectivity index (χ1n) is 11.9. The number of anilines is 2. The molecule has 0 radical (unpaired) electrons. The number of hydrazine groups is 1. The molecule has 3 N–H and O–H groups in total. The number of aromatic nitrogens is 2. The van der Waals surface area contributed by atoms with E-state index in [9.17, 15) is 4.39 Å². The van der Waals surface area contributed by atoms with Gasteiger partial charge in [-0.15, -0.1) is 0 Å². The van der Waals surface area contributed by atoms with Crippen LogP contribution in [0.25, 0.3) is 17.0 Å². The molecule has 1 spiro atoms. The summed E-state index contributed by atoms with van der Waals surface area (Å²) in [6.45, 7) is 6.00. The molecule has 1 fully saturated rings. The van der Waals surface area contributed by atoms with Crippen LogP contribution in [0.5, 0.6) is 0 Å². The van der Waals surface area contributed by atoms with Crippen molar-refractivity contribution in [3.8, 4) is 11.3 Å². The van der Waals surface area contributed by atoms with Crippen molar-refractivity contribution in [2.45, 2.75) is 26.3 Å². The van der Waals surface area contributed by atoms with Crippen molar-refractivity contribution in [2.24, 2.45) is 5.41 Å². The smallest absolute Gasteiger partial charge is 0.134 e. The van der Waals surface area contributed by atoms with Crippen molar-refractivity contribution in [3.63, 3.8) is 0 Å². The second kappa shape index (κ2) is 8.33. The van der Waals surface area contributed by atoms with Gasteiger partial charge < -0.3 is 10.6 Å². The van der Waals surface area contributed by atoms with Crippen LogP contribution >= 0.6 is 0 Å². The standard InChI is InChI=1S/C27H29FN6/c1-19-5-2-3-7-23(19)33-16-4-6-22(31-33)24-25(20-8-10-21(28)11-9-20)32-34-18-27(17-30-26(24)34)12-14-29-15-13-27/h2-11,16,29-31H,12-15,17-18H2,1H3. The number of fused-ring (bicyclic) bond motifs is 1. The van der Waals surface area contributed by atoms with E-state index in [1.165, 1.54) is 17.7 Å². The lowest BCUT2D eigenvalue weighted by Crippen LogP contribution is -2.47. The number of hydrogen-bond acceptors (Lipinski definition) is 5. The number of hydrogen-bond donors (Lipinski definition) is 3. The third-order valence-corrected chi connectivity index (χ3v) is 7.23. The van der Waals surface area contributed by atoms with Crippen LogP contribution in [0.4, 0.5) is 15.9 Å². The zero-order chi connectivity index (χ0) is 23.1. The Morgan fingerprint density at radius 2 is 1.82 bits per heavy atom. The second-order valence-corrected chi connectivity index (χ2v) is 9.53. The summed E-state index contributed by atoms with van der Waals surface area (Å²) in [6.07, 6.45) is 8.41. The first-order valence-corrected chi connectivity index (χ1v) is 11.9. The minimum Gasteiger partial charge on any atom is -0.369 e. The molecule has 0 atom stereocenters. The van der Waals surface area contributed by atoms with Crippen LogP contribution in [0.2, 0.25) is 0 Å². The third-order valence-electron chi connectivity index (χ3n) is 7.23. The Morgan fingerprint density at radius 3 is 2.62 bits per heavy atom. The molecule has 0 bridgehead atoms. The number of para-hydroxylation sites is 1. The number of benzene rings is 2. The molecular formula is C27H29FN6. The highest BCUT2D eigenvalue weighted by atomic mass is 19.1. The van der Waals surface area contributed by atoms with Crippen molar-refractivity contribution < 1.29 is 4.39 Å². The van der Waals surface area contributed by atoms with Crippen LogP contribution in [0, 0.1) is 18.2 Å². The van der Waals surface area contributed by atoms with E-state index >= 15 is 0 Å². The Bertz CT molecular complexity index is 1270. The quantitative estimate of drug-likeness (QED) is 0.535. The Kier molecular flexibility index (Phi) is 5.14. The van der Waals surface area contributed by atoms with E-state index in [1.807, 2.05) is 41.6 Å². The molecule has 0 unspecified atom stereocenters. The molecule has 6 nitrogen and oxygen atoms in total. The van der Waals surface area contributed by atoms with Crippen molar-refractivity contribution in [1.29, 1.82) is 0 Å². The van der Waals surface area contributed by atoms with Crippen LogP contribution < -0.4 is 21.1 Å². The molecule has 174 valence electrons. The molecule has 34 heavy (non-hydrogen) atoms. The number of piperidine rings is 1. The maximum absolute atomic E-state index is 13.7. The van der Waals surface area contributed by atoms with Gasteiger partial charge in [0.1, 0.15) is 17.3 Å². The van der Waals surface area contributed by atoms with E-state index < -0.39 is 0 Å². The summed E-state index contributed by atoms with van der Waals surface area (Å²) >= 11 is 0. The van der Waals surface area contributed by atoms with E-state index in [-0.39, 0.29) is 11.2 Å². The SMILES string of the molecule is Cc1ccccc1N1C=CC=C(c2c(-c3ccc(F)cc3)nn3c2NCC2(CCNCC2)C3)N1. The summed E-state index contributed by atoms with van der Waals surface area (Å²) in [6, 6.07) is 14.9. The summed E-state index contributed by atoms with van der Waals surface area (Å²) in [5.41, 5.74) is 9.80. The average Bonchev–Trinajstić information content (AvgIpc) is 3.23. The van der Waals surface area contributed by atoms with E-state index in [4.69, 9.17) is 5.10 Å². The zero-order valence-corrected chi connectivity index (χ0v) is 19.3. The van der Waals surface area contributed by atoms with Crippen LogP contribution in [0.3, 0.4) is 0 Å². The molecule has 3 aliphatic heterocycles. The van der Waals surface area contributed by atoms with Crippen molar-refractivity contribution in [2.75, 3.05) is 30.0 Å². The highest BCUT2D eigenvalue weighted by Gasteiger charge is 2.38. The van der Waals surface area contributed by atoms with Crippen LogP contribution in [0.1, 0.15) is 24.0 Å². The van der Waals surface area contributed by atoms with Gasteiger partial charge in [0.2, 0.25) is 0 Å².